The third-order valence-corrected chi connectivity index (χ3v) is 5.53. The van der Waals surface area contributed by atoms with Crippen molar-refractivity contribution < 1.29 is 17.6 Å². The van der Waals surface area contributed by atoms with Gasteiger partial charge in [0.2, 0.25) is 10.0 Å². The molecule has 0 bridgehead atoms. The molecular formula is C13H21N3O4S. The molecule has 1 unspecified atom stereocenters. The third-order valence-electron chi connectivity index (χ3n) is 3.60. The number of carbonyl (C=O) groups is 1. The van der Waals surface area contributed by atoms with Crippen LogP contribution in [0.3, 0.4) is 0 Å². The fraction of sp³-hybridized carbons (Fsp3) is 0.615. The molecule has 0 radical (unpaired) electrons. The van der Waals surface area contributed by atoms with Gasteiger partial charge in [0, 0.05) is 45.8 Å². The van der Waals surface area contributed by atoms with Crippen molar-refractivity contribution in [2.24, 2.45) is 0 Å². The molecule has 21 heavy (non-hydrogen) atoms. The predicted molar refractivity (Wildman–Crippen MR) is 77.7 cm³/mol. The van der Waals surface area contributed by atoms with E-state index in [1.165, 1.54) is 20.2 Å². The Balaban J connectivity index is 2.32. The van der Waals surface area contributed by atoms with Crippen LogP contribution in [0.2, 0.25) is 0 Å². The van der Waals surface area contributed by atoms with E-state index in [4.69, 9.17) is 4.42 Å². The number of rotatable bonds is 3. The van der Waals surface area contributed by atoms with Crippen molar-refractivity contribution in [2.75, 3.05) is 33.7 Å². The molecule has 0 aromatic carbocycles. The van der Waals surface area contributed by atoms with E-state index < -0.39 is 10.0 Å². The summed E-state index contributed by atoms with van der Waals surface area (Å²) >= 11 is 0. The van der Waals surface area contributed by atoms with Gasteiger partial charge in [0.25, 0.3) is 5.91 Å². The lowest BCUT2D eigenvalue weighted by Crippen LogP contribution is -2.52. The first kappa shape index (κ1) is 16.0. The zero-order valence-electron chi connectivity index (χ0n) is 12.7. The fourth-order valence-electron chi connectivity index (χ4n) is 2.31. The Bertz CT molecular complexity index is 636. The molecule has 1 aliphatic rings. The Morgan fingerprint density at radius 3 is 2.71 bits per heavy atom. The van der Waals surface area contributed by atoms with Crippen LogP contribution in [-0.4, -0.2) is 63.3 Å². The molecule has 1 aromatic rings. The number of amides is 1. The maximum Gasteiger partial charge on any atom is 0.289 e. The number of hydrogen-bond acceptors (Lipinski definition) is 5. The third kappa shape index (κ3) is 2.97. The lowest BCUT2D eigenvalue weighted by molar-refractivity contribution is 0.0622. The first-order valence-electron chi connectivity index (χ1n) is 6.79. The number of carbonyl (C=O) groups excluding carboxylic acids is 1. The topological polar surface area (TPSA) is 82.9 Å². The average Bonchev–Trinajstić information content (AvgIpc) is 2.81. The van der Waals surface area contributed by atoms with Gasteiger partial charge >= 0.3 is 0 Å². The summed E-state index contributed by atoms with van der Waals surface area (Å²) in [4.78, 5) is 14.2. The average molecular weight is 315 g/mol. The normalized spacial score (nSPS) is 20.0. The van der Waals surface area contributed by atoms with Crippen molar-refractivity contribution in [2.45, 2.75) is 24.8 Å². The highest BCUT2D eigenvalue weighted by Crippen LogP contribution is 2.24. The van der Waals surface area contributed by atoms with E-state index in [0.29, 0.717) is 13.1 Å². The minimum atomic E-state index is -3.61. The molecular weight excluding hydrogens is 294 g/mol. The predicted octanol–water partition coefficient (Wildman–Crippen LogP) is 0.272. The highest BCUT2D eigenvalue weighted by atomic mass is 32.2. The van der Waals surface area contributed by atoms with E-state index in [-0.39, 0.29) is 28.4 Å². The molecule has 0 saturated carbocycles. The minimum Gasteiger partial charge on any atom is -0.455 e. The zero-order chi connectivity index (χ0) is 15.8. The van der Waals surface area contributed by atoms with E-state index in [1.54, 1.807) is 11.8 Å². The van der Waals surface area contributed by atoms with E-state index in [1.807, 2.05) is 6.92 Å². The van der Waals surface area contributed by atoms with Crippen LogP contribution >= 0.6 is 0 Å². The Morgan fingerprint density at radius 1 is 1.48 bits per heavy atom. The summed E-state index contributed by atoms with van der Waals surface area (Å²) < 4.78 is 30.8. The molecule has 1 aliphatic heterocycles. The lowest BCUT2D eigenvalue weighted by Gasteiger charge is -2.33. The van der Waals surface area contributed by atoms with Gasteiger partial charge in [-0.3, -0.25) is 4.79 Å². The first-order valence-corrected chi connectivity index (χ1v) is 8.23. The second kappa shape index (κ2) is 5.78. The Kier molecular flexibility index (Phi) is 4.40. The molecule has 1 aromatic heterocycles. The van der Waals surface area contributed by atoms with Crippen molar-refractivity contribution in [3.05, 3.63) is 17.6 Å². The summed E-state index contributed by atoms with van der Waals surface area (Å²) in [6, 6.07) is 1.37. The van der Waals surface area contributed by atoms with Crippen LogP contribution in [0.4, 0.5) is 0 Å². The molecule has 1 N–H and O–H groups in total. The van der Waals surface area contributed by atoms with Crippen molar-refractivity contribution in [1.82, 2.24) is 14.5 Å². The molecule has 2 heterocycles. The highest BCUT2D eigenvalue weighted by molar-refractivity contribution is 7.89. The second-order valence-corrected chi connectivity index (χ2v) is 7.49. The smallest absolute Gasteiger partial charge is 0.289 e. The van der Waals surface area contributed by atoms with Gasteiger partial charge in [0.05, 0.1) is 0 Å². The molecule has 8 heteroatoms. The van der Waals surface area contributed by atoms with E-state index in [9.17, 15) is 13.2 Å². The summed E-state index contributed by atoms with van der Waals surface area (Å²) in [6.07, 6.45) is 0. The van der Waals surface area contributed by atoms with Crippen LogP contribution in [0.25, 0.3) is 0 Å². The maximum absolute atomic E-state index is 12.5. The molecule has 1 atom stereocenters. The Labute approximate surface area is 124 Å². The van der Waals surface area contributed by atoms with Crippen molar-refractivity contribution in [1.29, 1.82) is 0 Å². The zero-order valence-corrected chi connectivity index (χ0v) is 13.5. The van der Waals surface area contributed by atoms with Crippen molar-refractivity contribution >= 4 is 15.9 Å². The van der Waals surface area contributed by atoms with Crippen LogP contribution in [-0.2, 0) is 10.0 Å². The van der Waals surface area contributed by atoms with Gasteiger partial charge < -0.3 is 14.6 Å². The Morgan fingerprint density at radius 2 is 2.14 bits per heavy atom. The lowest BCUT2D eigenvalue weighted by atomic mass is 10.2. The van der Waals surface area contributed by atoms with Gasteiger partial charge in [-0.05, 0) is 13.8 Å². The summed E-state index contributed by atoms with van der Waals surface area (Å²) in [6.45, 7) is 5.51. The van der Waals surface area contributed by atoms with E-state index in [2.05, 4.69) is 5.32 Å². The quantitative estimate of drug-likeness (QED) is 0.866. The molecule has 1 amide bonds. The summed E-state index contributed by atoms with van der Waals surface area (Å²) in [5.74, 6) is 0.0313. The number of hydrogen-bond donors (Lipinski definition) is 1. The van der Waals surface area contributed by atoms with E-state index in [0.717, 1.165) is 10.8 Å². The summed E-state index contributed by atoms with van der Waals surface area (Å²) in [5, 5.41) is 3.20. The van der Waals surface area contributed by atoms with Gasteiger partial charge in [-0.2, -0.15) is 0 Å². The molecule has 0 aliphatic carbocycles. The molecule has 0 spiro atoms. The fourth-order valence-corrected chi connectivity index (χ4v) is 3.36. The minimum absolute atomic E-state index is 0.0404. The number of piperazine rings is 1. The molecule has 1 saturated heterocycles. The van der Waals surface area contributed by atoms with Crippen LogP contribution in [0.5, 0.6) is 0 Å². The SMILES string of the molecule is Cc1oc(C(=O)N2CCNCC2C)cc1S(=O)(=O)N(C)C. The molecule has 1 fully saturated rings. The summed E-state index contributed by atoms with van der Waals surface area (Å²) in [7, 11) is -0.716. The van der Waals surface area contributed by atoms with Gasteiger partial charge in [-0.25, -0.2) is 12.7 Å². The number of aryl methyl sites for hydroxylation is 1. The van der Waals surface area contributed by atoms with Crippen molar-refractivity contribution in [3.63, 3.8) is 0 Å². The van der Waals surface area contributed by atoms with Gasteiger partial charge in [-0.1, -0.05) is 0 Å². The van der Waals surface area contributed by atoms with Crippen molar-refractivity contribution in [3.8, 4) is 0 Å². The highest BCUT2D eigenvalue weighted by Gasteiger charge is 2.30. The van der Waals surface area contributed by atoms with Crippen LogP contribution in [0.15, 0.2) is 15.4 Å². The number of nitrogens with zero attached hydrogens (tertiary/aromatic N) is 2. The maximum atomic E-state index is 12.5. The largest absolute Gasteiger partial charge is 0.455 e. The van der Waals surface area contributed by atoms with Gasteiger partial charge in [0.1, 0.15) is 10.7 Å². The standard InChI is InChI=1S/C13H21N3O4S/c1-9-8-14-5-6-16(9)13(17)11-7-12(10(2)20-11)21(18,19)15(3)4/h7,9,14H,5-6,8H2,1-4H3. The number of sulfonamides is 1. The van der Waals surface area contributed by atoms with Gasteiger partial charge in [0.15, 0.2) is 5.76 Å². The molecule has 2 rings (SSSR count). The van der Waals surface area contributed by atoms with Crippen LogP contribution in [0.1, 0.15) is 23.2 Å². The van der Waals surface area contributed by atoms with Crippen LogP contribution in [0, 0.1) is 6.92 Å². The summed E-state index contributed by atoms with van der Waals surface area (Å²) in [5.41, 5.74) is 0. The molecule has 118 valence electrons. The number of nitrogens with one attached hydrogen (secondary N) is 1. The number of furan rings is 1. The van der Waals surface area contributed by atoms with E-state index >= 15 is 0 Å². The monoisotopic (exact) mass is 315 g/mol. The molecule has 7 nitrogen and oxygen atoms in total. The van der Waals surface area contributed by atoms with Crippen LogP contribution < -0.4 is 5.32 Å². The van der Waals surface area contributed by atoms with Gasteiger partial charge in [-0.15, -0.1) is 0 Å². The first-order chi connectivity index (χ1) is 9.75. The Hall–Kier alpha value is -1.38. The second-order valence-electron chi connectivity index (χ2n) is 5.37.